The molecule has 2 aromatic rings. The van der Waals surface area contributed by atoms with Crippen molar-refractivity contribution in [1.29, 1.82) is 0 Å². The number of nitrogens with zero attached hydrogens (tertiary/aromatic N) is 2. The van der Waals surface area contributed by atoms with Gasteiger partial charge in [-0.3, -0.25) is 0 Å². The van der Waals surface area contributed by atoms with E-state index in [1.165, 1.54) is 0 Å². The lowest BCUT2D eigenvalue weighted by molar-refractivity contribution is 0.887. The van der Waals surface area contributed by atoms with Crippen molar-refractivity contribution in [2.45, 2.75) is 6.42 Å². The van der Waals surface area contributed by atoms with Gasteiger partial charge < -0.3 is 4.57 Å². The van der Waals surface area contributed by atoms with Gasteiger partial charge >= 0.3 is 0 Å². The van der Waals surface area contributed by atoms with Crippen LogP contribution >= 0.6 is 39.1 Å². The van der Waals surface area contributed by atoms with Gasteiger partial charge in [-0.15, -0.1) is 0 Å². The van der Waals surface area contributed by atoms with Gasteiger partial charge in [-0.25, -0.2) is 4.98 Å². The molecule has 0 aliphatic rings. The SMILES string of the molecule is Cn1cnc(Cc2ccc(Cl)c(Cl)c2)c1Br. The molecule has 5 heteroatoms. The Labute approximate surface area is 112 Å². The Morgan fingerprint density at radius 3 is 2.62 bits per heavy atom. The van der Waals surface area contributed by atoms with E-state index in [0.29, 0.717) is 10.0 Å². The summed E-state index contributed by atoms with van der Waals surface area (Å²) in [5.41, 5.74) is 2.08. The predicted octanol–water partition coefficient (Wildman–Crippen LogP) is 4.08. The molecule has 0 bridgehead atoms. The molecule has 2 rings (SSSR count). The first-order chi connectivity index (χ1) is 7.58. The van der Waals surface area contributed by atoms with E-state index in [9.17, 15) is 0 Å². The van der Waals surface area contributed by atoms with E-state index in [2.05, 4.69) is 20.9 Å². The van der Waals surface area contributed by atoms with Gasteiger partial charge in [-0.1, -0.05) is 29.3 Å². The van der Waals surface area contributed by atoms with Gasteiger partial charge in [0.2, 0.25) is 0 Å². The van der Waals surface area contributed by atoms with Crippen molar-refractivity contribution >= 4 is 39.1 Å². The lowest BCUT2D eigenvalue weighted by atomic mass is 10.1. The van der Waals surface area contributed by atoms with Gasteiger partial charge in [0.05, 0.1) is 22.1 Å². The van der Waals surface area contributed by atoms with Crippen molar-refractivity contribution in [2.75, 3.05) is 0 Å². The number of hydrogen-bond acceptors (Lipinski definition) is 1. The van der Waals surface area contributed by atoms with Crippen molar-refractivity contribution in [3.8, 4) is 0 Å². The second-order valence-corrected chi connectivity index (χ2v) is 5.08. The number of aryl methyl sites for hydroxylation is 1. The molecule has 0 aliphatic carbocycles. The number of benzene rings is 1. The number of aromatic nitrogens is 2. The molecular formula is C11H9BrCl2N2. The summed E-state index contributed by atoms with van der Waals surface area (Å²) in [6.45, 7) is 0. The van der Waals surface area contributed by atoms with Crippen LogP contribution in [0.25, 0.3) is 0 Å². The Morgan fingerprint density at radius 1 is 1.31 bits per heavy atom. The third kappa shape index (κ3) is 2.42. The molecular weight excluding hydrogens is 311 g/mol. The van der Waals surface area contributed by atoms with E-state index in [0.717, 1.165) is 22.3 Å². The minimum Gasteiger partial charge on any atom is -0.328 e. The van der Waals surface area contributed by atoms with E-state index < -0.39 is 0 Å². The molecule has 84 valence electrons. The van der Waals surface area contributed by atoms with E-state index in [4.69, 9.17) is 23.2 Å². The van der Waals surface area contributed by atoms with Gasteiger partial charge in [0.15, 0.2) is 0 Å². The van der Waals surface area contributed by atoms with Crippen molar-refractivity contribution in [2.24, 2.45) is 7.05 Å². The zero-order chi connectivity index (χ0) is 11.7. The standard InChI is InChI=1S/C11H9BrCl2N2/c1-16-6-15-10(11(16)12)5-7-2-3-8(13)9(14)4-7/h2-4,6H,5H2,1H3. The maximum Gasteiger partial charge on any atom is 0.108 e. The van der Waals surface area contributed by atoms with Crippen molar-refractivity contribution in [3.05, 3.63) is 50.4 Å². The first-order valence-electron chi connectivity index (χ1n) is 4.67. The molecule has 1 aromatic carbocycles. The number of halogens is 3. The molecule has 0 aliphatic heterocycles. The highest BCUT2D eigenvalue weighted by molar-refractivity contribution is 9.10. The first-order valence-corrected chi connectivity index (χ1v) is 6.22. The van der Waals surface area contributed by atoms with Crippen LogP contribution in [0.15, 0.2) is 29.1 Å². The molecule has 16 heavy (non-hydrogen) atoms. The van der Waals surface area contributed by atoms with Gasteiger partial charge in [0, 0.05) is 13.5 Å². The highest BCUT2D eigenvalue weighted by Crippen LogP contribution is 2.25. The van der Waals surface area contributed by atoms with Crippen LogP contribution < -0.4 is 0 Å². The lowest BCUT2D eigenvalue weighted by Crippen LogP contribution is -1.91. The summed E-state index contributed by atoms with van der Waals surface area (Å²) in [5.74, 6) is 0. The molecule has 2 nitrogen and oxygen atoms in total. The topological polar surface area (TPSA) is 17.8 Å². The quantitative estimate of drug-likeness (QED) is 0.815. The number of imidazole rings is 1. The average molecular weight is 320 g/mol. The predicted molar refractivity (Wildman–Crippen MR) is 70.2 cm³/mol. The van der Waals surface area contributed by atoms with Gasteiger partial charge in [-0.2, -0.15) is 0 Å². The summed E-state index contributed by atoms with van der Waals surface area (Å²) in [7, 11) is 1.94. The van der Waals surface area contributed by atoms with E-state index >= 15 is 0 Å². The Bertz CT molecular complexity index is 523. The van der Waals surface area contributed by atoms with Crippen LogP contribution in [0, 0.1) is 0 Å². The number of rotatable bonds is 2. The van der Waals surface area contributed by atoms with Gasteiger partial charge in [0.1, 0.15) is 4.60 Å². The van der Waals surface area contributed by atoms with Gasteiger partial charge in [0.25, 0.3) is 0 Å². The summed E-state index contributed by atoms with van der Waals surface area (Å²) in [5, 5.41) is 1.15. The zero-order valence-electron chi connectivity index (χ0n) is 8.54. The maximum atomic E-state index is 5.96. The van der Waals surface area contributed by atoms with E-state index in [1.807, 2.05) is 23.7 Å². The second-order valence-electron chi connectivity index (χ2n) is 3.52. The fraction of sp³-hybridized carbons (Fsp3) is 0.182. The van der Waals surface area contributed by atoms with Crippen LogP contribution in [0.4, 0.5) is 0 Å². The zero-order valence-corrected chi connectivity index (χ0v) is 11.6. The van der Waals surface area contributed by atoms with E-state index in [1.54, 1.807) is 12.4 Å². The molecule has 0 spiro atoms. The third-order valence-corrected chi connectivity index (χ3v) is 4.05. The fourth-order valence-corrected chi connectivity index (χ4v) is 2.08. The molecule has 0 fully saturated rings. The first kappa shape index (κ1) is 12.0. The maximum absolute atomic E-state index is 5.96. The molecule has 1 heterocycles. The monoisotopic (exact) mass is 318 g/mol. The van der Waals surface area contributed by atoms with Crippen LogP contribution in [-0.2, 0) is 13.5 Å². The lowest BCUT2D eigenvalue weighted by Gasteiger charge is -2.02. The second kappa shape index (κ2) is 4.78. The minimum absolute atomic E-state index is 0.575. The molecule has 0 saturated heterocycles. The largest absolute Gasteiger partial charge is 0.328 e. The fourth-order valence-electron chi connectivity index (χ4n) is 1.43. The highest BCUT2D eigenvalue weighted by Gasteiger charge is 2.07. The molecule has 0 atom stereocenters. The summed E-state index contributed by atoms with van der Waals surface area (Å²) in [6, 6.07) is 5.62. The normalized spacial score (nSPS) is 10.8. The summed E-state index contributed by atoms with van der Waals surface area (Å²) in [4.78, 5) is 4.30. The van der Waals surface area contributed by atoms with E-state index in [-0.39, 0.29) is 0 Å². The van der Waals surface area contributed by atoms with Crippen LogP contribution in [0.3, 0.4) is 0 Å². The smallest absolute Gasteiger partial charge is 0.108 e. The number of hydrogen-bond donors (Lipinski definition) is 0. The third-order valence-electron chi connectivity index (χ3n) is 2.29. The Hall–Kier alpha value is -0.510. The Balaban J connectivity index is 2.27. The molecule has 0 unspecified atom stereocenters. The summed E-state index contributed by atoms with van der Waals surface area (Å²) in [6.07, 6.45) is 2.51. The van der Waals surface area contributed by atoms with Crippen molar-refractivity contribution in [3.63, 3.8) is 0 Å². The minimum atomic E-state index is 0.575. The Morgan fingerprint density at radius 2 is 2.06 bits per heavy atom. The van der Waals surface area contributed by atoms with Crippen molar-refractivity contribution < 1.29 is 0 Å². The highest BCUT2D eigenvalue weighted by atomic mass is 79.9. The molecule has 0 saturated carbocycles. The van der Waals surface area contributed by atoms with Crippen LogP contribution in [-0.4, -0.2) is 9.55 Å². The summed E-state index contributed by atoms with van der Waals surface area (Å²) < 4.78 is 2.91. The van der Waals surface area contributed by atoms with Crippen LogP contribution in [0.5, 0.6) is 0 Å². The van der Waals surface area contributed by atoms with Crippen molar-refractivity contribution in [1.82, 2.24) is 9.55 Å². The average Bonchev–Trinajstić information content (AvgIpc) is 2.55. The molecule has 0 amide bonds. The Kier molecular flexibility index (Phi) is 3.57. The van der Waals surface area contributed by atoms with Crippen LogP contribution in [0.2, 0.25) is 10.0 Å². The molecule has 0 N–H and O–H groups in total. The van der Waals surface area contributed by atoms with Gasteiger partial charge in [-0.05, 0) is 33.6 Å². The summed E-state index contributed by atoms with van der Waals surface area (Å²) >= 11 is 15.3. The molecule has 1 aromatic heterocycles. The molecule has 0 radical (unpaired) electrons. The van der Waals surface area contributed by atoms with Crippen LogP contribution in [0.1, 0.15) is 11.3 Å².